The summed E-state index contributed by atoms with van der Waals surface area (Å²) in [6.07, 6.45) is 14.0. The van der Waals surface area contributed by atoms with Gasteiger partial charge < -0.3 is 15.5 Å². The third-order valence-electron chi connectivity index (χ3n) is 6.63. The lowest BCUT2D eigenvalue weighted by atomic mass is 10.1. The van der Waals surface area contributed by atoms with Crippen molar-refractivity contribution in [2.45, 2.75) is 26.3 Å². The van der Waals surface area contributed by atoms with Crippen molar-refractivity contribution in [3.8, 4) is 0 Å². The van der Waals surface area contributed by atoms with Gasteiger partial charge in [0.15, 0.2) is 11.5 Å². The van der Waals surface area contributed by atoms with Gasteiger partial charge in [-0.1, -0.05) is 19.1 Å². The van der Waals surface area contributed by atoms with Gasteiger partial charge in [-0.3, -0.25) is 9.69 Å². The minimum absolute atomic E-state index is 0.0792. The largest absolute Gasteiger partial charge is 0.367 e. The van der Waals surface area contributed by atoms with Crippen LogP contribution in [0.2, 0.25) is 0 Å². The first-order valence-corrected chi connectivity index (χ1v) is 12.0. The van der Waals surface area contributed by atoms with Crippen LogP contribution in [0.25, 0.3) is 11.2 Å². The Labute approximate surface area is 204 Å². The van der Waals surface area contributed by atoms with Gasteiger partial charge in [0.25, 0.3) is 5.91 Å². The lowest BCUT2D eigenvalue weighted by Gasteiger charge is -2.37. The zero-order valence-corrected chi connectivity index (χ0v) is 20.1. The molecule has 9 nitrogen and oxygen atoms in total. The SMILES string of the molecule is CCC(C)N1CCN(C(=O)c2ccc(Nc3ncc(C4=CNC=CC=C4)n4ncnc34)cc2)CC1. The quantitative estimate of drug-likeness (QED) is 0.570. The van der Waals surface area contributed by atoms with E-state index in [1.54, 1.807) is 10.7 Å². The van der Waals surface area contributed by atoms with Crippen LogP contribution in [0.3, 0.4) is 0 Å². The Morgan fingerprint density at radius 1 is 1.11 bits per heavy atom. The number of carbonyl (C=O) groups excluding carboxylic acids is 1. The predicted molar refractivity (Wildman–Crippen MR) is 137 cm³/mol. The van der Waals surface area contributed by atoms with Gasteiger partial charge in [0.05, 0.1) is 11.9 Å². The second-order valence-corrected chi connectivity index (χ2v) is 8.76. The van der Waals surface area contributed by atoms with Gasteiger partial charge in [-0.25, -0.2) is 14.5 Å². The van der Waals surface area contributed by atoms with Gasteiger partial charge in [-0.15, -0.1) is 0 Å². The summed E-state index contributed by atoms with van der Waals surface area (Å²) in [5.41, 5.74) is 3.90. The number of carbonyl (C=O) groups is 1. The molecule has 1 unspecified atom stereocenters. The lowest BCUT2D eigenvalue weighted by molar-refractivity contribution is 0.0579. The summed E-state index contributed by atoms with van der Waals surface area (Å²) in [6, 6.07) is 8.09. The van der Waals surface area contributed by atoms with E-state index in [9.17, 15) is 4.79 Å². The summed E-state index contributed by atoms with van der Waals surface area (Å²) >= 11 is 0. The van der Waals surface area contributed by atoms with Crippen LogP contribution in [0, 0.1) is 0 Å². The normalized spacial score (nSPS) is 17.1. The van der Waals surface area contributed by atoms with E-state index in [-0.39, 0.29) is 5.91 Å². The summed E-state index contributed by atoms with van der Waals surface area (Å²) in [6.45, 7) is 7.84. The Hall–Kier alpha value is -3.98. The summed E-state index contributed by atoms with van der Waals surface area (Å²) < 4.78 is 1.76. The Morgan fingerprint density at radius 3 is 2.69 bits per heavy atom. The molecular weight excluding hydrogens is 440 g/mol. The fourth-order valence-electron chi connectivity index (χ4n) is 4.36. The molecule has 4 heterocycles. The standard InChI is InChI=1S/C26H30N8O/c1-3-19(2)32-12-14-33(15-13-32)26(35)20-7-9-22(10-8-20)31-24-25-29-18-30-34(25)23(17-28-24)21-6-4-5-11-27-16-21/h4-11,16-19,27H,3,12-15H2,1-2H3,(H,28,31). The van der Waals surface area contributed by atoms with Crippen molar-refractivity contribution in [2.75, 3.05) is 31.5 Å². The van der Waals surface area contributed by atoms with E-state index in [0.717, 1.165) is 49.6 Å². The number of allylic oxidation sites excluding steroid dienone is 4. The number of aromatic nitrogens is 4. The average Bonchev–Trinajstić information content (AvgIpc) is 3.25. The molecule has 1 saturated heterocycles. The van der Waals surface area contributed by atoms with E-state index < -0.39 is 0 Å². The fraction of sp³-hybridized carbons (Fsp3) is 0.308. The molecule has 1 amide bonds. The monoisotopic (exact) mass is 470 g/mol. The summed E-state index contributed by atoms with van der Waals surface area (Å²) in [5, 5.41) is 10.8. The molecule has 0 radical (unpaired) electrons. The van der Waals surface area contributed by atoms with Crippen LogP contribution < -0.4 is 10.6 Å². The molecule has 5 rings (SSSR count). The van der Waals surface area contributed by atoms with Crippen LogP contribution in [0.5, 0.6) is 0 Å². The second kappa shape index (κ2) is 10.1. The second-order valence-electron chi connectivity index (χ2n) is 8.76. The Morgan fingerprint density at radius 2 is 1.91 bits per heavy atom. The van der Waals surface area contributed by atoms with Crippen LogP contribution in [-0.2, 0) is 0 Å². The van der Waals surface area contributed by atoms with Crippen molar-refractivity contribution in [1.29, 1.82) is 0 Å². The predicted octanol–water partition coefficient (Wildman–Crippen LogP) is 3.44. The van der Waals surface area contributed by atoms with Crippen LogP contribution in [0.4, 0.5) is 11.5 Å². The van der Waals surface area contributed by atoms with Crippen LogP contribution in [0.1, 0.15) is 36.3 Å². The molecule has 0 spiro atoms. The molecule has 1 aromatic carbocycles. The topological polar surface area (TPSA) is 90.7 Å². The van der Waals surface area contributed by atoms with Gasteiger partial charge in [-0.2, -0.15) is 5.10 Å². The van der Waals surface area contributed by atoms with E-state index >= 15 is 0 Å². The van der Waals surface area contributed by atoms with Crippen molar-refractivity contribution in [1.82, 2.24) is 34.7 Å². The average molecular weight is 471 g/mol. The van der Waals surface area contributed by atoms with Crippen molar-refractivity contribution < 1.29 is 4.79 Å². The number of nitrogens with zero attached hydrogens (tertiary/aromatic N) is 6. The van der Waals surface area contributed by atoms with Crippen LogP contribution >= 0.6 is 0 Å². The number of benzene rings is 1. The van der Waals surface area contributed by atoms with E-state index in [1.165, 1.54) is 6.33 Å². The molecule has 2 aliphatic heterocycles. The lowest BCUT2D eigenvalue weighted by Crippen LogP contribution is -2.51. The highest BCUT2D eigenvalue weighted by atomic mass is 16.2. The zero-order chi connectivity index (χ0) is 24.2. The third kappa shape index (κ3) is 4.81. The number of fused-ring (bicyclic) bond motifs is 1. The summed E-state index contributed by atoms with van der Waals surface area (Å²) in [5.74, 6) is 0.672. The van der Waals surface area contributed by atoms with Crippen molar-refractivity contribution >= 4 is 28.6 Å². The molecule has 35 heavy (non-hydrogen) atoms. The minimum Gasteiger partial charge on any atom is -0.367 e. The number of piperazine rings is 1. The van der Waals surface area contributed by atoms with Gasteiger partial charge >= 0.3 is 0 Å². The number of hydrogen-bond acceptors (Lipinski definition) is 7. The summed E-state index contributed by atoms with van der Waals surface area (Å²) in [7, 11) is 0. The number of hydrogen-bond donors (Lipinski definition) is 2. The molecule has 2 N–H and O–H groups in total. The van der Waals surface area contributed by atoms with Gasteiger partial charge in [-0.05, 0) is 43.7 Å². The molecule has 0 bridgehead atoms. The number of amides is 1. The van der Waals surface area contributed by atoms with Crippen LogP contribution in [-0.4, -0.2) is 67.5 Å². The number of nitrogens with one attached hydrogen (secondary N) is 2. The van der Waals surface area contributed by atoms with Gasteiger partial charge in [0, 0.05) is 61.4 Å². The van der Waals surface area contributed by atoms with Crippen molar-refractivity contribution in [3.05, 3.63) is 78.7 Å². The number of anilines is 2. The molecule has 1 atom stereocenters. The van der Waals surface area contributed by atoms with Crippen molar-refractivity contribution in [3.63, 3.8) is 0 Å². The first-order chi connectivity index (χ1) is 17.1. The van der Waals surface area contributed by atoms with E-state index in [4.69, 9.17) is 0 Å². The third-order valence-corrected chi connectivity index (χ3v) is 6.63. The zero-order valence-electron chi connectivity index (χ0n) is 20.1. The summed E-state index contributed by atoms with van der Waals surface area (Å²) in [4.78, 5) is 26.4. The first kappa shape index (κ1) is 22.8. The van der Waals surface area contributed by atoms with Gasteiger partial charge in [0.1, 0.15) is 6.33 Å². The Balaban J connectivity index is 1.28. The van der Waals surface area contributed by atoms with E-state index in [2.05, 4.69) is 44.4 Å². The minimum atomic E-state index is 0.0792. The van der Waals surface area contributed by atoms with E-state index in [1.807, 2.05) is 59.8 Å². The molecule has 2 aromatic heterocycles. The maximum absolute atomic E-state index is 13.0. The Kier molecular flexibility index (Phi) is 6.58. The maximum atomic E-state index is 13.0. The highest BCUT2D eigenvalue weighted by molar-refractivity contribution is 5.94. The molecular formula is C26H30N8O. The molecule has 180 valence electrons. The first-order valence-electron chi connectivity index (χ1n) is 12.0. The van der Waals surface area contributed by atoms with Crippen LogP contribution in [0.15, 0.2) is 67.4 Å². The fourth-order valence-corrected chi connectivity index (χ4v) is 4.36. The molecule has 9 heteroatoms. The smallest absolute Gasteiger partial charge is 0.253 e. The highest BCUT2D eigenvalue weighted by Gasteiger charge is 2.24. The molecule has 2 aliphatic rings. The number of rotatable bonds is 6. The van der Waals surface area contributed by atoms with Crippen molar-refractivity contribution in [2.24, 2.45) is 0 Å². The van der Waals surface area contributed by atoms with Gasteiger partial charge in [0.2, 0.25) is 0 Å². The van der Waals surface area contributed by atoms with E-state index in [0.29, 0.717) is 23.1 Å². The highest BCUT2D eigenvalue weighted by Crippen LogP contribution is 2.23. The molecule has 0 saturated carbocycles. The molecule has 3 aromatic rings. The molecule has 1 fully saturated rings. The maximum Gasteiger partial charge on any atom is 0.253 e. The Bertz CT molecular complexity index is 1280. The molecule has 0 aliphatic carbocycles.